The monoisotopic (exact) mass is 326 g/mol. The summed E-state index contributed by atoms with van der Waals surface area (Å²) < 4.78 is -4.29. The Morgan fingerprint density at radius 1 is 0.714 bits per heavy atom. The van der Waals surface area contributed by atoms with Gasteiger partial charge in [-0.25, -0.2) is 0 Å². The molecule has 0 aromatic heterocycles. The lowest BCUT2D eigenvalue weighted by molar-refractivity contribution is -0.420. The van der Waals surface area contributed by atoms with E-state index in [1.165, 1.54) is 0 Å². The first-order valence-electron chi connectivity index (χ1n) is 2.87. The molecular formula is C4H4Cl6O4. The number of hydrogen-bond donors (Lipinski definition) is 2. The smallest absolute Gasteiger partial charge is 0.243 e. The van der Waals surface area contributed by atoms with Crippen LogP contribution in [0.1, 0.15) is 0 Å². The summed E-state index contributed by atoms with van der Waals surface area (Å²) in [5.74, 6) is 0. The largest absolute Gasteiger partial charge is 0.362 e. The van der Waals surface area contributed by atoms with Crippen molar-refractivity contribution < 1.29 is 20.0 Å². The van der Waals surface area contributed by atoms with E-state index in [0.717, 1.165) is 0 Å². The Hall–Kier alpha value is 1.58. The van der Waals surface area contributed by atoms with E-state index >= 15 is 0 Å². The van der Waals surface area contributed by atoms with Crippen LogP contribution >= 0.6 is 69.6 Å². The summed E-state index contributed by atoms with van der Waals surface area (Å²) in [7, 11) is 0. The molecule has 0 aliphatic rings. The molecule has 2 N–H and O–H groups in total. The summed E-state index contributed by atoms with van der Waals surface area (Å²) in [6.45, 7) is 0. The number of halogens is 6. The molecule has 0 aromatic rings. The summed E-state index contributed by atoms with van der Waals surface area (Å²) in [6.07, 6.45) is -3.87. The molecule has 86 valence electrons. The highest BCUT2D eigenvalue weighted by Crippen LogP contribution is 2.34. The van der Waals surface area contributed by atoms with E-state index in [1.54, 1.807) is 0 Å². The first-order chi connectivity index (χ1) is 6.05. The van der Waals surface area contributed by atoms with Gasteiger partial charge in [0, 0.05) is 0 Å². The molecule has 0 amide bonds. The molecule has 4 nitrogen and oxygen atoms in total. The molecular weight excluding hydrogens is 325 g/mol. The van der Waals surface area contributed by atoms with Crippen LogP contribution in [-0.4, -0.2) is 30.4 Å². The van der Waals surface area contributed by atoms with Gasteiger partial charge in [0.25, 0.3) is 0 Å². The second kappa shape index (κ2) is 5.77. The molecule has 0 rings (SSSR count). The second-order valence-electron chi connectivity index (χ2n) is 1.98. The number of alkyl halides is 6. The Morgan fingerprint density at radius 3 is 1.07 bits per heavy atom. The molecule has 14 heavy (non-hydrogen) atoms. The highest BCUT2D eigenvalue weighted by atomic mass is 35.6. The van der Waals surface area contributed by atoms with E-state index in [4.69, 9.17) is 79.8 Å². The van der Waals surface area contributed by atoms with Crippen LogP contribution in [0, 0.1) is 0 Å². The van der Waals surface area contributed by atoms with E-state index in [0.29, 0.717) is 0 Å². The maximum Gasteiger partial charge on any atom is 0.243 e. The van der Waals surface area contributed by atoms with Gasteiger partial charge in [-0.3, -0.25) is 0 Å². The van der Waals surface area contributed by atoms with Crippen LogP contribution in [0.2, 0.25) is 0 Å². The first kappa shape index (κ1) is 15.6. The number of aliphatic hydroxyl groups is 2. The van der Waals surface area contributed by atoms with Gasteiger partial charge in [0.15, 0.2) is 0 Å². The fourth-order valence-corrected chi connectivity index (χ4v) is 0.433. The van der Waals surface area contributed by atoms with Crippen molar-refractivity contribution >= 4 is 69.6 Å². The van der Waals surface area contributed by atoms with Gasteiger partial charge >= 0.3 is 0 Å². The van der Waals surface area contributed by atoms with Gasteiger partial charge < -0.3 is 10.2 Å². The van der Waals surface area contributed by atoms with E-state index in [2.05, 4.69) is 9.78 Å². The van der Waals surface area contributed by atoms with Crippen molar-refractivity contribution in [2.45, 2.75) is 20.2 Å². The van der Waals surface area contributed by atoms with E-state index in [9.17, 15) is 0 Å². The van der Waals surface area contributed by atoms with Crippen LogP contribution < -0.4 is 0 Å². The van der Waals surface area contributed by atoms with Crippen molar-refractivity contribution in [2.24, 2.45) is 0 Å². The minimum absolute atomic E-state index is 1.94. The molecule has 0 spiro atoms. The Kier molecular flexibility index (Phi) is 6.43. The van der Waals surface area contributed by atoms with Crippen LogP contribution in [0.3, 0.4) is 0 Å². The topological polar surface area (TPSA) is 58.9 Å². The van der Waals surface area contributed by atoms with E-state index < -0.39 is 20.2 Å². The lowest BCUT2D eigenvalue weighted by atomic mass is 10.7. The van der Waals surface area contributed by atoms with Gasteiger partial charge in [0.1, 0.15) is 0 Å². The normalized spacial score (nSPS) is 18.0. The minimum Gasteiger partial charge on any atom is -0.362 e. The maximum absolute atomic E-state index is 8.92. The first-order valence-corrected chi connectivity index (χ1v) is 5.13. The van der Waals surface area contributed by atoms with Crippen LogP contribution in [-0.2, 0) is 9.78 Å². The number of aliphatic hydroxyl groups excluding tert-OH is 2. The Balaban J connectivity index is 3.96. The summed E-state index contributed by atoms with van der Waals surface area (Å²) in [5.41, 5.74) is 0. The van der Waals surface area contributed by atoms with Crippen molar-refractivity contribution in [3.63, 3.8) is 0 Å². The van der Waals surface area contributed by atoms with Gasteiger partial charge in [-0.2, -0.15) is 9.78 Å². The fourth-order valence-electron chi connectivity index (χ4n) is 0.214. The van der Waals surface area contributed by atoms with Crippen LogP contribution in [0.4, 0.5) is 0 Å². The SMILES string of the molecule is OC(OOC(O)C(Cl)(Cl)Cl)C(Cl)(Cl)Cl. The zero-order valence-corrected chi connectivity index (χ0v) is 10.7. The van der Waals surface area contributed by atoms with Gasteiger partial charge in [-0.15, -0.1) is 0 Å². The summed E-state index contributed by atoms with van der Waals surface area (Å²) in [4.78, 5) is 8.10. The standard InChI is InChI=1S/C4H4Cl6O4/c5-3(6,7)1(11)13-14-2(12)4(8,9)10/h1-2,11-12H. The zero-order chi connectivity index (χ0) is 11.6. The zero-order valence-electron chi connectivity index (χ0n) is 6.13. The molecule has 0 aromatic carbocycles. The summed E-state index contributed by atoms with van der Waals surface area (Å²) >= 11 is 31.1. The predicted molar refractivity (Wildman–Crippen MR) is 54.8 cm³/mol. The van der Waals surface area contributed by atoms with Crippen LogP contribution in [0.5, 0.6) is 0 Å². The molecule has 0 saturated carbocycles. The fraction of sp³-hybridized carbons (Fsp3) is 1.00. The molecule has 2 unspecified atom stereocenters. The van der Waals surface area contributed by atoms with Crippen molar-refractivity contribution in [1.29, 1.82) is 0 Å². The Morgan fingerprint density at radius 2 is 0.929 bits per heavy atom. The maximum atomic E-state index is 8.92. The summed E-state index contributed by atoms with van der Waals surface area (Å²) in [6, 6.07) is 0. The molecule has 0 fully saturated rings. The second-order valence-corrected chi connectivity index (χ2v) is 6.72. The Labute approximate surface area is 109 Å². The molecule has 2 atom stereocenters. The highest BCUT2D eigenvalue weighted by Gasteiger charge is 2.37. The molecule has 0 heterocycles. The molecule has 0 bridgehead atoms. The van der Waals surface area contributed by atoms with Gasteiger partial charge in [-0.05, 0) is 0 Å². The number of rotatable bonds is 3. The minimum atomic E-state index is -2.15. The molecule has 0 radical (unpaired) electrons. The highest BCUT2D eigenvalue weighted by molar-refractivity contribution is 6.68. The Bertz CT molecular complexity index is 156. The molecule has 0 aliphatic carbocycles. The van der Waals surface area contributed by atoms with Crippen molar-refractivity contribution in [3.05, 3.63) is 0 Å². The third-order valence-corrected chi connectivity index (χ3v) is 1.92. The third-order valence-electron chi connectivity index (χ3n) is 0.798. The molecule has 10 heteroatoms. The van der Waals surface area contributed by atoms with Crippen molar-refractivity contribution in [1.82, 2.24) is 0 Å². The average Bonchev–Trinajstić information content (AvgIpc) is 1.95. The quantitative estimate of drug-likeness (QED) is 0.361. The van der Waals surface area contributed by atoms with E-state index in [-0.39, 0.29) is 0 Å². The van der Waals surface area contributed by atoms with Crippen LogP contribution in [0.15, 0.2) is 0 Å². The lowest BCUT2D eigenvalue weighted by Gasteiger charge is -2.22. The molecule has 0 aliphatic heterocycles. The van der Waals surface area contributed by atoms with Crippen molar-refractivity contribution in [2.75, 3.05) is 0 Å². The van der Waals surface area contributed by atoms with Crippen molar-refractivity contribution in [3.8, 4) is 0 Å². The number of hydrogen-bond acceptors (Lipinski definition) is 4. The third kappa shape index (κ3) is 6.23. The van der Waals surface area contributed by atoms with Crippen LogP contribution in [0.25, 0.3) is 0 Å². The predicted octanol–water partition coefficient (Wildman–Crippen LogP) is 2.31. The van der Waals surface area contributed by atoms with Gasteiger partial charge in [0.05, 0.1) is 0 Å². The van der Waals surface area contributed by atoms with E-state index in [1.807, 2.05) is 0 Å². The lowest BCUT2D eigenvalue weighted by Crippen LogP contribution is -2.34. The average molecular weight is 329 g/mol. The van der Waals surface area contributed by atoms with Gasteiger partial charge in [0.2, 0.25) is 20.2 Å². The van der Waals surface area contributed by atoms with Gasteiger partial charge in [-0.1, -0.05) is 69.6 Å². The molecule has 0 saturated heterocycles. The summed E-state index contributed by atoms with van der Waals surface area (Å²) in [5, 5.41) is 17.8.